The number of aryl methyl sites for hydroxylation is 1. The van der Waals surface area contributed by atoms with Crippen molar-refractivity contribution >= 4 is 10.9 Å². The van der Waals surface area contributed by atoms with E-state index in [0.29, 0.717) is 22.6 Å². The molecule has 1 aromatic carbocycles. The van der Waals surface area contributed by atoms with Crippen molar-refractivity contribution in [3.63, 3.8) is 0 Å². The number of hydrogen-bond acceptors (Lipinski definition) is 7. The van der Waals surface area contributed by atoms with Crippen molar-refractivity contribution in [2.75, 3.05) is 6.54 Å². The minimum absolute atomic E-state index is 0.135. The lowest BCUT2D eigenvalue weighted by molar-refractivity contribution is 0.342. The van der Waals surface area contributed by atoms with E-state index >= 15 is 0 Å². The minimum Gasteiger partial charge on any atom is -0.337 e. The van der Waals surface area contributed by atoms with Gasteiger partial charge in [-0.2, -0.15) is 4.98 Å². The number of benzene rings is 1. The van der Waals surface area contributed by atoms with Gasteiger partial charge in [0, 0.05) is 24.0 Å². The highest BCUT2D eigenvalue weighted by Crippen LogP contribution is 2.29. The first-order valence-electron chi connectivity index (χ1n) is 9.61. The summed E-state index contributed by atoms with van der Waals surface area (Å²) >= 11 is 0. The first-order chi connectivity index (χ1) is 14.1. The summed E-state index contributed by atoms with van der Waals surface area (Å²) in [4.78, 5) is 26.4. The lowest BCUT2D eigenvalue weighted by atomic mass is 9.95. The molecule has 1 N–H and O–H groups in total. The first kappa shape index (κ1) is 17.7. The molecule has 1 aliphatic rings. The van der Waals surface area contributed by atoms with Gasteiger partial charge < -0.3 is 9.84 Å². The predicted octanol–water partition coefficient (Wildman–Crippen LogP) is 2.40. The van der Waals surface area contributed by atoms with Gasteiger partial charge in [-0.1, -0.05) is 17.3 Å². The molecule has 0 aliphatic carbocycles. The van der Waals surface area contributed by atoms with Gasteiger partial charge in [0.15, 0.2) is 0 Å². The fourth-order valence-corrected chi connectivity index (χ4v) is 3.85. The number of rotatable bonds is 3. The smallest absolute Gasteiger partial charge is 0.261 e. The fourth-order valence-electron chi connectivity index (χ4n) is 3.85. The molecule has 0 saturated heterocycles. The Balaban J connectivity index is 1.56. The summed E-state index contributed by atoms with van der Waals surface area (Å²) in [6.45, 7) is 5.50. The van der Waals surface area contributed by atoms with E-state index in [1.165, 1.54) is 16.5 Å². The van der Waals surface area contributed by atoms with E-state index in [2.05, 4.69) is 25.4 Å². The number of nitrogens with zero attached hydrogens (tertiary/aromatic N) is 5. The van der Waals surface area contributed by atoms with Crippen LogP contribution in [0.1, 0.15) is 35.7 Å². The van der Waals surface area contributed by atoms with E-state index in [0.717, 1.165) is 36.3 Å². The molecule has 1 atom stereocenters. The van der Waals surface area contributed by atoms with E-state index in [1.54, 1.807) is 6.07 Å². The van der Waals surface area contributed by atoms with Crippen molar-refractivity contribution in [1.82, 2.24) is 30.0 Å². The lowest BCUT2D eigenvalue weighted by Crippen LogP contribution is -2.25. The standard InChI is InChI=1S/C21H20N6O2/c1-12-18(15-7-8-22-9-14(15)10-23-12)19-25-20(29-26-19)13(2)27-11-24-17-6-4-3-5-16(17)21(27)28/h3-6,10-11,13,22H,7-9H2,1-2H3. The summed E-state index contributed by atoms with van der Waals surface area (Å²) in [6, 6.07) is 6.84. The highest BCUT2D eigenvalue weighted by Gasteiger charge is 2.23. The molecule has 0 radical (unpaired) electrons. The Labute approximate surface area is 166 Å². The zero-order valence-corrected chi connectivity index (χ0v) is 16.2. The Bertz CT molecular complexity index is 1280. The van der Waals surface area contributed by atoms with Gasteiger partial charge in [-0.15, -0.1) is 0 Å². The van der Waals surface area contributed by atoms with Crippen LogP contribution in [0.4, 0.5) is 0 Å². The average molecular weight is 388 g/mol. The molecule has 0 fully saturated rings. The monoisotopic (exact) mass is 388 g/mol. The van der Waals surface area contributed by atoms with Crippen LogP contribution in [0.25, 0.3) is 22.3 Å². The number of para-hydroxylation sites is 1. The van der Waals surface area contributed by atoms with Crippen LogP contribution >= 0.6 is 0 Å². The third-order valence-corrected chi connectivity index (χ3v) is 5.46. The maximum atomic E-state index is 12.9. The number of fused-ring (bicyclic) bond motifs is 2. The fraction of sp³-hybridized carbons (Fsp3) is 0.286. The van der Waals surface area contributed by atoms with Crippen LogP contribution in [-0.4, -0.2) is 31.2 Å². The van der Waals surface area contributed by atoms with Gasteiger partial charge in [0.05, 0.1) is 17.2 Å². The molecule has 146 valence electrons. The molecule has 1 unspecified atom stereocenters. The molecular formula is C21H20N6O2. The molecule has 3 aromatic heterocycles. The van der Waals surface area contributed by atoms with Gasteiger partial charge >= 0.3 is 0 Å². The van der Waals surface area contributed by atoms with Gasteiger partial charge in [-0.05, 0) is 50.1 Å². The second-order valence-electron chi connectivity index (χ2n) is 7.26. The molecule has 4 heterocycles. The van der Waals surface area contributed by atoms with Crippen molar-refractivity contribution in [1.29, 1.82) is 0 Å². The maximum absolute atomic E-state index is 12.9. The van der Waals surface area contributed by atoms with E-state index in [1.807, 2.05) is 38.2 Å². The molecule has 0 spiro atoms. The number of hydrogen-bond donors (Lipinski definition) is 1. The zero-order chi connectivity index (χ0) is 20.0. The molecule has 29 heavy (non-hydrogen) atoms. The molecule has 0 bridgehead atoms. The molecule has 8 heteroatoms. The normalized spacial score (nSPS) is 14.7. The van der Waals surface area contributed by atoms with Crippen LogP contribution in [0, 0.1) is 6.92 Å². The van der Waals surface area contributed by atoms with E-state index in [-0.39, 0.29) is 5.56 Å². The van der Waals surface area contributed by atoms with Gasteiger partial charge in [0.2, 0.25) is 11.7 Å². The topological polar surface area (TPSA) is 98.7 Å². The quantitative estimate of drug-likeness (QED) is 0.575. The highest BCUT2D eigenvalue weighted by molar-refractivity contribution is 5.77. The Kier molecular flexibility index (Phi) is 4.21. The van der Waals surface area contributed by atoms with Gasteiger partial charge in [0.25, 0.3) is 5.56 Å². The van der Waals surface area contributed by atoms with Gasteiger partial charge in [-0.3, -0.25) is 14.3 Å². The van der Waals surface area contributed by atoms with Crippen molar-refractivity contribution in [3.05, 3.63) is 69.9 Å². The number of aromatic nitrogens is 5. The Morgan fingerprint density at radius 2 is 2.10 bits per heavy atom. The van der Waals surface area contributed by atoms with E-state index < -0.39 is 6.04 Å². The molecule has 1 aliphatic heterocycles. The summed E-state index contributed by atoms with van der Waals surface area (Å²) in [6.07, 6.45) is 4.33. The lowest BCUT2D eigenvalue weighted by Gasteiger charge is -2.19. The molecule has 8 nitrogen and oxygen atoms in total. The Hall–Kier alpha value is -3.39. The van der Waals surface area contributed by atoms with Gasteiger partial charge in [-0.25, -0.2) is 4.98 Å². The van der Waals surface area contributed by atoms with Crippen molar-refractivity contribution in [3.8, 4) is 11.4 Å². The van der Waals surface area contributed by atoms with Crippen molar-refractivity contribution in [2.45, 2.75) is 32.9 Å². The second kappa shape index (κ2) is 6.89. The van der Waals surface area contributed by atoms with E-state index in [4.69, 9.17) is 4.52 Å². The molecule has 4 aromatic rings. The highest BCUT2D eigenvalue weighted by atomic mass is 16.5. The van der Waals surface area contributed by atoms with Crippen LogP contribution in [-0.2, 0) is 13.0 Å². The van der Waals surface area contributed by atoms with E-state index in [9.17, 15) is 4.79 Å². The van der Waals surface area contributed by atoms with Crippen molar-refractivity contribution in [2.24, 2.45) is 0 Å². The van der Waals surface area contributed by atoms with Crippen LogP contribution in [0.5, 0.6) is 0 Å². The maximum Gasteiger partial charge on any atom is 0.261 e. The summed E-state index contributed by atoms with van der Waals surface area (Å²) in [5, 5.41) is 8.13. The zero-order valence-electron chi connectivity index (χ0n) is 16.2. The van der Waals surface area contributed by atoms with Crippen LogP contribution < -0.4 is 10.9 Å². The van der Waals surface area contributed by atoms with Crippen LogP contribution in [0.3, 0.4) is 0 Å². The Morgan fingerprint density at radius 1 is 1.24 bits per heavy atom. The first-order valence-corrected chi connectivity index (χ1v) is 9.61. The van der Waals surface area contributed by atoms with Gasteiger partial charge in [0.1, 0.15) is 6.04 Å². The van der Waals surface area contributed by atoms with Crippen LogP contribution in [0.15, 0.2) is 46.1 Å². The second-order valence-corrected chi connectivity index (χ2v) is 7.26. The minimum atomic E-state index is -0.435. The molecular weight excluding hydrogens is 368 g/mol. The summed E-state index contributed by atoms with van der Waals surface area (Å²) in [5.41, 5.74) is 4.69. The third kappa shape index (κ3) is 2.92. The molecule has 0 amide bonds. The third-order valence-electron chi connectivity index (χ3n) is 5.46. The SMILES string of the molecule is Cc1ncc2c(c1-c1noc(C(C)n3cnc4ccccc4c3=O)n1)CCNC2. The molecule has 0 saturated carbocycles. The molecule has 5 rings (SSSR count). The number of nitrogens with one attached hydrogen (secondary N) is 1. The summed E-state index contributed by atoms with van der Waals surface area (Å²) in [7, 11) is 0. The van der Waals surface area contributed by atoms with Crippen LogP contribution in [0.2, 0.25) is 0 Å². The summed E-state index contributed by atoms with van der Waals surface area (Å²) in [5.74, 6) is 0.877. The van der Waals surface area contributed by atoms with Crippen molar-refractivity contribution < 1.29 is 4.52 Å². The summed E-state index contributed by atoms with van der Waals surface area (Å²) < 4.78 is 7.08. The average Bonchev–Trinajstić information content (AvgIpc) is 3.23. The number of pyridine rings is 1. The Morgan fingerprint density at radius 3 is 3.00 bits per heavy atom. The largest absolute Gasteiger partial charge is 0.337 e. The predicted molar refractivity (Wildman–Crippen MR) is 107 cm³/mol.